The van der Waals surface area contributed by atoms with Crippen molar-refractivity contribution in [2.24, 2.45) is 0 Å². The summed E-state index contributed by atoms with van der Waals surface area (Å²) in [6, 6.07) is 19.1. The van der Waals surface area contributed by atoms with E-state index < -0.39 is 0 Å². The van der Waals surface area contributed by atoms with E-state index in [1.165, 1.54) is 0 Å². The van der Waals surface area contributed by atoms with Crippen LogP contribution in [0.1, 0.15) is 15.9 Å². The van der Waals surface area contributed by atoms with Gasteiger partial charge < -0.3 is 0 Å². The van der Waals surface area contributed by atoms with Gasteiger partial charge in [-0.1, -0.05) is 63.9 Å². The molecule has 0 N–H and O–H groups in total. The predicted octanol–water partition coefficient (Wildman–Crippen LogP) is 5.68. The highest BCUT2D eigenvalue weighted by molar-refractivity contribution is 9.10. The van der Waals surface area contributed by atoms with E-state index in [0.717, 1.165) is 26.4 Å². The number of hydrogen-bond acceptors (Lipinski definition) is 1. The molecule has 0 aliphatic heterocycles. The monoisotopic (exact) mass is 358 g/mol. The normalized spacial score (nSPS) is 10.8. The Morgan fingerprint density at radius 1 is 0.952 bits per heavy atom. The molecule has 0 atom stereocenters. The molecule has 0 radical (unpaired) electrons. The lowest BCUT2D eigenvalue weighted by atomic mass is 9.97. The summed E-state index contributed by atoms with van der Waals surface area (Å²) in [6.07, 6.45) is 0.380. The number of fused-ring (bicyclic) bond motifs is 1. The third-order valence-corrected chi connectivity index (χ3v) is 4.25. The summed E-state index contributed by atoms with van der Waals surface area (Å²) < 4.78 is 0.980. The number of benzene rings is 3. The largest absolute Gasteiger partial charge is 0.294 e. The molecule has 0 unspecified atom stereocenters. The van der Waals surface area contributed by atoms with Crippen LogP contribution in [0.15, 0.2) is 65.1 Å². The van der Waals surface area contributed by atoms with Gasteiger partial charge in [-0.3, -0.25) is 4.79 Å². The van der Waals surface area contributed by atoms with Crippen molar-refractivity contribution in [1.82, 2.24) is 0 Å². The molecule has 0 saturated carbocycles. The van der Waals surface area contributed by atoms with Crippen molar-refractivity contribution < 1.29 is 4.79 Å². The number of ketones is 1. The third-order valence-electron chi connectivity index (χ3n) is 3.42. The van der Waals surface area contributed by atoms with Crippen LogP contribution in [0.2, 0.25) is 5.02 Å². The van der Waals surface area contributed by atoms with E-state index in [4.69, 9.17) is 11.6 Å². The van der Waals surface area contributed by atoms with Crippen molar-refractivity contribution in [3.05, 3.63) is 81.3 Å². The van der Waals surface area contributed by atoms with Crippen LogP contribution in [0, 0.1) is 0 Å². The first kappa shape index (κ1) is 14.3. The maximum absolute atomic E-state index is 12.6. The van der Waals surface area contributed by atoms with Crippen LogP contribution in [0.25, 0.3) is 10.8 Å². The Morgan fingerprint density at radius 3 is 2.48 bits per heavy atom. The average molecular weight is 360 g/mol. The zero-order chi connectivity index (χ0) is 14.8. The number of rotatable bonds is 3. The van der Waals surface area contributed by atoms with Crippen molar-refractivity contribution in [1.29, 1.82) is 0 Å². The van der Waals surface area contributed by atoms with Crippen molar-refractivity contribution >= 4 is 44.1 Å². The minimum Gasteiger partial charge on any atom is -0.294 e. The Labute approximate surface area is 136 Å². The molecule has 1 nitrogen and oxygen atoms in total. The molecule has 21 heavy (non-hydrogen) atoms. The number of halogens is 2. The minimum absolute atomic E-state index is 0.0981. The van der Waals surface area contributed by atoms with Crippen molar-refractivity contribution in [2.75, 3.05) is 0 Å². The first-order valence-corrected chi connectivity index (χ1v) is 7.77. The van der Waals surface area contributed by atoms with E-state index in [1.807, 2.05) is 54.6 Å². The summed E-state index contributed by atoms with van der Waals surface area (Å²) in [4.78, 5) is 12.6. The molecule has 0 heterocycles. The van der Waals surface area contributed by atoms with Crippen LogP contribution in [0.4, 0.5) is 0 Å². The highest BCUT2D eigenvalue weighted by Crippen LogP contribution is 2.27. The molecule has 3 rings (SSSR count). The molecule has 0 fully saturated rings. The van der Waals surface area contributed by atoms with Crippen molar-refractivity contribution in [3.8, 4) is 0 Å². The molecule has 0 bridgehead atoms. The fraction of sp³-hybridized carbons (Fsp3) is 0.0556. The third kappa shape index (κ3) is 3.02. The van der Waals surface area contributed by atoms with Crippen LogP contribution >= 0.6 is 27.5 Å². The van der Waals surface area contributed by atoms with E-state index in [1.54, 1.807) is 6.07 Å². The van der Waals surface area contributed by atoms with Gasteiger partial charge in [0.05, 0.1) is 0 Å². The molecule has 0 aromatic heterocycles. The van der Waals surface area contributed by atoms with Gasteiger partial charge in [0.15, 0.2) is 5.78 Å². The van der Waals surface area contributed by atoms with Gasteiger partial charge in [-0.2, -0.15) is 0 Å². The van der Waals surface area contributed by atoms with Gasteiger partial charge in [-0.05, 0) is 35.2 Å². The molecule has 0 aliphatic rings. The predicted molar refractivity (Wildman–Crippen MR) is 91.1 cm³/mol. The van der Waals surface area contributed by atoms with Crippen molar-refractivity contribution in [2.45, 2.75) is 6.42 Å². The molecule has 0 spiro atoms. The van der Waals surface area contributed by atoms with E-state index in [9.17, 15) is 4.79 Å². The van der Waals surface area contributed by atoms with Crippen molar-refractivity contribution in [3.63, 3.8) is 0 Å². The molecule has 3 heteroatoms. The van der Waals surface area contributed by atoms with E-state index in [2.05, 4.69) is 15.9 Å². The van der Waals surface area contributed by atoms with E-state index in [0.29, 0.717) is 11.4 Å². The van der Waals surface area contributed by atoms with Gasteiger partial charge >= 0.3 is 0 Å². The zero-order valence-corrected chi connectivity index (χ0v) is 13.5. The Balaban J connectivity index is 2.01. The molecule has 3 aromatic rings. The molecule has 104 valence electrons. The lowest BCUT2D eigenvalue weighted by Crippen LogP contribution is -2.04. The van der Waals surface area contributed by atoms with E-state index >= 15 is 0 Å². The lowest BCUT2D eigenvalue weighted by molar-refractivity contribution is 0.0994. The number of carbonyl (C=O) groups excluding carboxylic acids is 1. The molecule has 3 aromatic carbocycles. The van der Waals surface area contributed by atoms with Gasteiger partial charge in [0, 0.05) is 26.9 Å². The fourth-order valence-corrected chi connectivity index (χ4v) is 3.11. The summed E-state index contributed by atoms with van der Waals surface area (Å²) >= 11 is 9.63. The van der Waals surface area contributed by atoms with Crippen LogP contribution in [0.5, 0.6) is 0 Å². The minimum atomic E-state index is 0.0981. The molecular weight excluding hydrogens is 348 g/mol. The smallest absolute Gasteiger partial charge is 0.167 e. The molecular formula is C18H12BrClO. The summed E-state index contributed by atoms with van der Waals surface area (Å²) in [7, 11) is 0. The summed E-state index contributed by atoms with van der Waals surface area (Å²) in [5.41, 5.74) is 1.71. The molecule has 0 aliphatic carbocycles. The summed E-state index contributed by atoms with van der Waals surface area (Å²) in [5, 5.41) is 2.49. The van der Waals surface area contributed by atoms with E-state index in [-0.39, 0.29) is 5.78 Å². The SMILES string of the molecule is O=C(Cc1cccc(Br)c1)c1ccc(Cl)c2ccccc12. The maximum Gasteiger partial charge on any atom is 0.167 e. The standard InChI is InChI=1S/C18H12BrClO/c19-13-5-3-4-12(10-13)11-18(21)16-8-9-17(20)15-7-2-1-6-14(15)16/h1-10H,11H2. The second kappa shape index (κ2) is 6.00. The van der Waals surface area contributed by atoms with Gasteiger partial charge in [0.1, 0.15) is 0 Å². The zero-order valence-electron chi connectivity index (χ0n) is 11.1. The Hall–Kier alpha value is -1.64. The first-order chi connectivity index (χ1) is 10.1. The fourth-order valence-electron chi connectivity index (χ4n) is 2.43. The van der Waals surface area contributed by atoms with Gasteiger partial charge in [-0.25, -0.2) is 0 Å². The van der Waals surface area contributed by atoms with Gasteiger partial charge in [0.2, 0.25) is 0 Å². The van der Waals surface area contributed by atoms with Crippen LogP contribution in [-0.2, 0) is 6.42 Å². The number of Topliss-reactive ketones (excluding diaryl/α,β-unsaturated/α-hetero) is 1. The highest BCUT2D eigenvalue weighted by Gasteiger charge is 2.12. The maximum atomic E-state index is 12.6. The quantitative estimate of drug-likeness (QED) is 0.550. The second-order valence-corrected chi connectivity index (χ2v) is 6.19. The summed E-state index contributed by atoms with van der Waals surface area (Å²) in [6.45, 7) is 0. The number of hydrogen-bond donors (Lipinski definition) is 0. The Kier molecular flexibility index (Phi) is 4.09. The lowest BCUT2D eigenvalue weighted by Gasteiger charge is -2.08. The first-order valence-electron chi connectivity index (χ1n) is 6.60. The van der Waals surface area contributed by atoms with Crippen LogP contribution in [-0.4, -0.2) is 5.78 Å². The van der Waals surface area contributed by atoms with Gasteiger partial charge in [0.25, 0.3) is 0 Å². The molecule has 0 amide bonds. The summed E-state index contributed by atoms with van der Waals surface area (Å²) in [5.74, 6) is 0.0981. The number of carbonyl (C=O) groups is 1. The van der Waals surface area contributed by atoms with Crippen LogP contribution < -0.4 is 0 Å². The second-order valence-electron chi connectivity index (χ2n) is 4.87. The Morgan fingerprint density at radius 2 is 1.71 bits per heavy atom. The topological polar surface area (TPSA) is 17.1 Å². The van der Waals surface area contributed by atoms with Crippen LogP contribution in [0.3, 0.4) is 0 Å². The van der Waals surface area contributed by atoms with Gasteiger partial charge in [-0.15, -0.1) is 0 Å². The average Bonchev–Trinajstić information content (AvgIpc) is 2.48. The highest BCUT2D eigenvalue weighted by atomic mass is 79.9. The molecule has 0 saturated heterocycles. The Bertz CT molecular complexity index is 826.